The van der Waals surface area contributed by atoms with Gasteiger partial charge in [0, 0.05) is 24.4 Å². The summed E-state index contributed by atoms with van der Waals surface area (Å²) in [7, 11) is 0. The van der Waals surface area contributed by atoms with Gasteiger partial charge in [-0.25, -0.2) is 0 Å². The Morgan fingerprint density at radius 2 is 2.07 bits per heavy atom. The summed E-state index contributed by atoms with van der Waals surface area (Å²) in [6.45, 7) is 10.9. The molecule has 3 heteroatoms. The van der Waals surface area contributed by atoms with Gasteiger partial charge in [0.2, 0.25) is 0 Å². The lowest BCUT2D eigenvalue weighted by Crippen LogP contribution is -2.61. The van der Waals surface area contributed by atoms with Gasteiger partial charge in [0.15, 0.2) is 0 Å². The molecule has 0 radical (unpaired) electrons. The van der Waals surface area contributed by atoms with E-state index < -0.39 is 0 Å². The van der Waals surface area contributed by atoms with Crippen LogP contribution in [0.2, 0.25) is 0 Å². The van der Waals surface area contributed by atoms with Gasteiger partial charge in [0.1, 0.15) is 5.72 Å². The highest BCUT2D eigenvalue weighted by Gasteiger charge is 2.41. The fourth-order valence-electron chi connectivity index (χ4n) is 2.45. The number of piperidine rings is 1. The molecule has 2 unspecified atom stereocenters. The molecular formula is C12H24N2O. The van der Waals surface area contributed by atoms with E-state index in [1.54, 1.807) is 0 Å². The van der Waals surface area contributed by atoms with Crippen LogP contribution in [0.3, 0.4) is 0 Å². The molecule has 2 saturated heterocycles. The van der Waals surface area contributed by atoms with E-state index in [0.717, 1.165) is 26.2 Å². The lowest BCUT2D eigenvalue weighted by Gasteiger charge is -2.47. The zero-order valence-electron chi connectivity index (χ0n) is 10.2. The van der Waals surface area contributed by atoms with E-state index in [1.807, 2.05) is 0 Å². The third-order valence-corrected chi connectivity index (χ3v) is 3.76. The summed E-state index contributed by atoms with van der Waals surface area (Å²) in [6, 6.07) is 0. The largest absolute Gasteiger partial charge is 0.360 e. The fraction of sp³-hybridized carbons (Fsp3) is 1.00. The van der Waals surface area contributed by atoms with Crippen LogP contribution in [0.1, 0.15) is 33.6 Å². The molecule has 15 heavy (non-hydrogen) atoms. The van der Waals surface area contributed by atoms with Gasteiger partial charge in [-0.15, -0.1) is 0 Å². The van der Waals surface area contributed by atoms with Gasteiger partial charge >= 0.3 is 0 Å². The normalized spacial score (nSPS) is 41.4. The lowest BCUT2D eigenvalue weighted by atomic mass is 9.85. The second-order valence-electron chi connectivity index (χ2n) is 5.96. The quantitative estimate of drug-likeness (QED) is 0.688. The van der Waals surface area contributed by atoms with E-state index >= 15 is 0 Å². The summed E-state index contributed by atoms with van der Waals surface area (Å²) in [4.78, 5) is 0. The van der Waals surface area contributed by atoms with Crippen molar-refractivity contribution in [2.24, 2.45) is 11.3 Å². The standard InChI is InChI=1S/C12H24N2O/c1-11(2)8-14-12(3,15-9-11)10-5-4-6-13-7-10/h10,13-14H,4-9H2,1-3H3. The average molecular weight is 212 g/mol. The number of hydrogen-bond acceptors (Lipinski definition) is 3. The molecule has 0 bridgehead atoms. The van der Waals surface area contributed by atoms with Crippen molar-refractivity contribution >= 4 is 0 Å². The molecule has 3 nitrogen and oxygen atoms in total. The molecule has 2 rings (SSSR count). The molecule has 0 aromatic carbocycles. The minimum atomic E-state index is -0.108. The highest BCUT2D eigenvalue weighted by molar-refractivity contribution is 4.91. The minimum absolute atomic E-state index is 0.108. The maximum atomic E-state index is 6.07. The Balaban J connectivity index is 1.95. The van der Waals surface area contributed by atoms with Gasteiger partial charge in [-0.3, -0.25) is 5.32 Å². The second-order valence-corrected chi connectivity index (χ2v) is 5.96. The van der Waals surface area contributed by atoms with Gasteiger partial charge in [-0.2, -0.15) is 0 Å². The maximum absolute atomic E-state index is 6.07. The van der Waals surface area contributed by atoms with Crippen LogP contribution in [0.25, 0.3) is 0 Å². The van der Waals surface area contributed by atoms with Crippen molar-refractivity contribution in [2.75, 3.05) is 26.2 Å². The second kappa shape index (κ2) is 4.04. The highest BCUT2D eigenvalue weighted by atomic mass is 16.5. The van der Waals surface area contributed by atoms with Gasteiger partial charge in [0.05, 0.1) is 6.61 Å². The van der Waals surface area contributed by atoms with Crippen molar-refractivity contribution in [1.82, 2.24) is 10.6 Å². The molecular weight excluding hydrogens is 188 g/mol. The van der Waals surface area contributed by atoms with Crippen LogP contribution in [-0.2, 0) is 4.74 Å². The van der Waals surface area contributed by atoms with Crippen LogP contribution >= 0.6 is 0 Å². The molecule has 2 N–H and O–H groups in total. The van der Waals surface area contributed by atoms with Crippen LogP contribution in [0.15, 0.2) is 0 Å². The predicted molar refractivity (Wildman–Crippen MR) is 61.7 cm³/mol. The zero-order chi connectivity index (χ0) is 10.9. The molecule has 0 saturated carbocycles. The molecule has 0 aromatic heterocycles. The van der Waals surface area contributed by atoms with E-state index in [-0.39, 0.29) is 11.1 Å². The first kappa shape index (κ1) is 11.4. The van der Waals surface area contributed by atoms with Crippen molar-refractivity contribution in [1.29, 1.82) is 0 Å². The molecule has 0 amide bonds. The molecule has 88 valence electrons. The Morgan fingerprint density at radius 1 is 1.27 bits per heavy atom. The third kappa shape index (κ3) is 2.52. The maximum Gasteiger partial charge on any atom is 0.120 e. The van der Waals surface area contributed by atoms with Crippen LogP contribution in [0.4, 0.5) is 0 Å². The Hall–Kier alpha value is -0.120. The molecule has 0 spiro atoms. The van der Waals surface area contributed by atoms with Crippen LogP contribution in [0, 0.1) is 11.3 Å². The Labute approximate surface area is 93.0 Å². The number of ether oxygens (including phenoxy) is 1. The Kier molecular flexibility index (Phi) is 3.06. The monoisotopic (exact) mass is 212 g/mol. The van der Waals surface area contributed by atoms with Crippen LogP contribution in [-0.4, -0.2) is 32.0 Å². The Morgan fingerprint density at radius 3 is 2.60 bits per heavy atom. The zero-order valence-corrected chi connectivity index (χ0v) is 10.2. The molecule has 0 aliphatic carbocycles. The fourth-order valence-corrected chi connectivity index (χ4v) is 2.45. The minimum Gasteiger partial charge on any atom is -0.360 e. The molecule has 2 fully saturated rings. The molecule has 2 aliphatic heterocycles. The number of rotatable bonds is 1. The van der Waals surface area contributed by atoms with Crippen molar-refractivity contribution in [3.8, 4) is 0 Å². The predicted octanol–water partition coefficient (Wildman–Crippen LogP) is 1.35. The smallest absolute Gasteiger partial charge is 0.120 e. The summed E-state index contributed by atoms with van der Waals surface area (Å²) in [5, 5.41) is 7.05. The number of hydrogen-bond donors (Lipinski definition) is 2. The Bertz CT molecular complexity index is 212. The van der Waals surface area contributed by atoms with Crippen molar-refractivity contribution in [3.05, 3.63) is 0 Å². The molecule has 2 aliphatic rings. The summed E-state index contributed by atoms with van der Waals surface area (Å²) < 4.78 is 6.07. The summed E-state index contributed by atoms with van der Waals surface area (Å²) in [5.41, 5.74) is 0.171. The molecule has 0 aromatic rings. The van der Waals surface area contributed by atoms with E-state index in [0.29, 0.717) is 5.92 Å². The average Bonchev–Trinajstić information content (AvgIpc) is 2.24. The topological polar surface area (TPSA) is 33.3 Å². The van der Waals surface area contributed by atoms with Gasteiger partial charge in [0.25, 0.3) is 0 Å². The third-order valence-electron chi connectivity index (χ3n) is 3.76. The van der Waals surface area contributed by atoms with Crippen molar-refractivity contribution < 1.29 is 4.74 Å². The summed E-state index contributed by atoms with van der Waals surface area (Å²) >= 11 is 0. The molecule has 2 atom stereocenters. The van der Waals surface area contributed by atoms with E-state index in [4.69, 9.17) is 4.74 Å². The van der Waals surface area contributed by atoms with Gasteiger partial charge in [-0.05, 0) is 26.3 Å². The molecule has 2 heterocycles. The first-order valence-corrected chi connectivity index (χ1v) is 6.12. The first-order valence-electron chi connectivity index (χ1n) is 6.12. The van der Waals surface area contributed by atoms with Crippen LogP contribution in [0.5, 0.6) is 0 Å². The van der Waals surface area contributed by atoms with E-state index in [1.165, 1.54) is 12.8 Å². The van der Waals surface area contributed by atoms with E-state index in [9.17, 15) is 0 Å². The summed E-state index contributed by atoms with van der Waals surface area (Å²) in [5.74, 6) is 0.613. The first-order chi connectivity index (χ1) is 7.02. The highest BCUT2D eigenvalue weighted by Crippen LogP contribution is 2.32. The number of nitrogens with one attached hydrogen (secondary N) is 2. The lowest BCUT2D eigenvalue weighted by molar-refractivity contribution is -0.159. The van der Waals surface area contributed by atoms with Gasteiger partial charge in [-0.1, -0.05) is 13.8 Å². The van der Waals surface area contributed by atoms with Crippen molar-refractivity contribution in [3.63, 3.8) is 0 Å². The SMILES string of the molecule is CC1(C)CNC(C)(C2CCCNC2)OC1. The van der Waals surface area contributed by atoms with Crippen molar-refractivity contribution in [2.45, 2.75) is 39.3 Å². The summed E-state index contributed by atoms with van der Waals surface area (Å²) in [6.07, 6.45) is 2.55. The van der Waals surface area contributed by atoms with E-state index in [2.05, 4.69) is 31.4 Å². The van der Waals surface area contributed by atoms with Gasteiger partial charge < -0.3 is 10.1 Å². The van der Waals surface area contributed by atoms with Crippen LogP contribution < -0.4 is 10.6 Å².